The Balaban J connectivity index is 2.41. The molecule has 0 spiro atoms. The zero-order valence-corrected chi connectivity index (χ0v) is 9.17. The van der Waals surface area contributed by atoms with E-state index in [9.17, 15) is 4.55 Å². The lowest BCUT2D eigenvalue weighted by molar-refractivity contribution is 0.0828. The van der Waals surface area contributed by atoms with Gasteiger partial charge in [0.1, 0.15) is 11.4 Å². The summed E-state index contributed by atoms with van der Waals surface area (Å²) in [7, 11) is 0. The van der Waals surface area contributed by atoms with E-state index in [-0.39, 0.29) is 10.9 Å². The zero-order chi connectivity index (χ0) is 10.2. The Bertz CT molecular complexity index is 336. The SMILES string of the molecule is CC1(C)CC(SO)c2ccccc2O1. The van der Waals surface area contributed by atoms with Crippen LogP contribution in [0.5, 0.6) is 5.75 Å². The van der Waals surface area contributed by atoms with Crippen LogP contribution in [-0.4, -0.2) is 10.2 Å². The Morgan fingerprint density at radius 3 is 2.86 bits per heavy atom. The number of hydrogen-bond donors (Lipinski definition) is 1. The van der Waals surface area contributed by atoms with Crippen LogP contribution in [0.2, 0.25) is 0 Å². The molecule has 0 bridgehead atoms. The molecule has 14 heavy (non-hydrogen) atoms. The maximum absolute atomic E-state index is 9.23. The molecule has 1 aliphatic heterocycles. The summed E-state index contributed by atoms with van der Waals surface area (Å²) in [5, 5.41) is 0.134. The van der Waals surface area contributed by atoms with Gasteiger partial charge in [0.05, 0.1) is 5.25 Å². The van der Waals surface area contributed by atoms with Crippen LogP contribution in [0.4, 0.5) is 0 Å². The molecule has 0 amide bonds. The minimum atomic E-state index is -0.186. The van der Waals surface area contributed by atoms with Gasteiger partial charge in [0.2, 0.25) is 0 Å². The Morgan fingerprint density at radius 1 is 1.43 bits per heavy atom. The molecule has 0 aromatic heterocycles. The molecule has 2 nitrogen and oxygen atoms in total. The van der Waals surface area contributed by atoms with Crippen molar-refractivity contribution in [3.63, 3.8) is 0 Å². The van der Waals surface area contributed by atoms with Crippen LogP contribution in [-0.2, 0) is 0 Å². The summed E-state index contributed by atoms with van der Waals surface area (Å²) < 4.78 is 15.1. The average molecular weight is 210 g/mol. The molecule has 2 rings (SSSR count). The predicted molar refractivity (Wildman–Crippen MR) is 58.7 cm³/mol. The highest BCUT2D eigenvalue weighted by molar-refractivity contribution is 7.94. The van der Waals surface area contributed by atoms with Crippen LogP contribution in [0.1, 0.15) is 31.1 Å². The van der Waals surface area contributed by atoms with Crippen molar-refractivity contribution in [1.82, 2.24) is 0 Å². The third-order valence-electron chi connectivity index (χ3n) is 2.46. The van der Waals surface area contributed by atoms with Gasteiger partial charge in [-0.3, -0.25) is 0 Å². The first-order valence-electron chi connectivity index (χ1n) is 4.70. The summed E-state index contributed by atoms with van der Waals surface area (Å²) >= 11 is 0.911. The van der Waals surface area contributed by atoms with Crippen LogP contribution in [0, 0.1) is 0 Å². The van der Waals surface area contributed by atoms with Gasteiger partial charge in [-0.25, -0.2) is 0 Å². The number of fused-ring (bicyclic) bond motifs is 1. The van der Waals surface area contributed by atoms with Crippen molar-refractivity contribution in [3.05, 3.63) is 29.8 Å². The Kier molecular flexibility index (Phi) is 2.45. The molecule has 3 heteroatoms. The fourth-order valence-corrected chi connectivity index (χ4v) is 2.61. The van der Waals surface area contributed by atoms with E-state index in [0.29, 0.717) is 0 Å². The van der Waals surface area contributed by atoms with Gasteiger partial charge in [0, 0.05) is 12.0 Å². The van der Waals surface area contributed by atoms with Crippen molar-refractivity contribution in [2.24, 2.45) is 0 Å². The molecule has 0 aliphatic carbocycles. The lowest BCUT2D eigenvalue weighted by Gasteiger charge is -2.36. The highest BCUT2D eigenvalue weighted by atomic mass is 32.2. The zero-order valence-electron chi connectivity index (χ0n) is 8.36. The fraction of sp³-hybridized carbons (Fsp3) is 0.455. The molecule has 1 unspecified atom stereocenters. The highest BCUT2D eigenvalue weighted by Gasteiger charge is 2.33. The first-order chi connectivity index (χ1) is 6.62. The van der Waals surface area contributed by atoms with Gasteiger partial charge in [-0.1, -0.05) is 18.2 Å². The van der Waals surface area contributed by atoms with E-state index in [1.165, 1.54) is 0 Å². The number of ether oxygens (including phenoxy) is 1. The molecule has 1 aromatic carbocycles. The van der Waals surface area contributed by atoms with E-state index in [2.05, 4.69) is 0 Å². The summed E-state index contributed by atoms with van der Waals surface area (Å²) in [5.74, 6) is 0.898. The van der Waals surface area contributed by atoms with Gasteiger partial charge in [-0.2, -0.15) is 0 Å². The molecular weight excluding hydrogens is 196 g/mol. The van der Waals surface area contributed by atoms with E-state index < -0.39 is 0 Å². The van der Waals surface area contributed by atoms with Crippen molar-refractivity contribution < 1.29 is 9.29 Å². The number of benzene rings is 1. The predicted octanol–water partition coefficient (Wildman–Crippen LogP) is 3.50. The number of hydrogen-bond acceptors (Lipinski definition) is 3. The molecule has 0 fully saturated rings. The second-order valence-electron chi connectivity index (χ2n) is 4.20. The third kappa shape index (κ3) is 1.74. The van der Waals surface area contributed by atoms with Crippen molar-refractivity contribution in [2.45, 2.75) is 31.1 Å². The van der Waals surface area contributed by atoms with E-state index in [1.807, 2.05) is 38.1 Å². The normalized spacial score (nSPS) is 23.8. The maximum Gasteiger partial charge on any atom is 0.124 e. The molecule has 1 aliphatic rings. The molecule has 0 saturated carbocycles. The molecule has 0 saturated heterocycles. The summed E-state index contributed by atoms with van der Waals surface area (Å²) in [5.41, 5.74) is 0.911. The molecule has 0 radical (unpaired) electrons. The average Bonchev–Trinajstić information content (AvgIpc) is 2.15. The van der Waals surface area contributed by atoms with Crippen LogP contribution in [0.15, 0.2) is 24.3 Å². The Hall–Kier alpha value is -0.670. The summed E-state index contributed by atoms with van der Waals surface area (Å²) in [6.45, 7) is 4.10. The first kappa shape index (κ1) is 9.87. The number of para-hydroxylation sites is 1. The monoisotopic (exact) mass is 210 g/mol. The van der Waals surface area contributed by atoms with E-state index in [4.69, 9.17) is 4.74 Å². The van der Waals surface area contributed by atoms with Gasteiger partial charge in [-0.05, 0) is 32.0 Å². The van der Waals surface area contributed by atoms with Crippen LogP contribution in [0.25, 0.3) is 0 Å². The van der Waals surface area contributed by atoms with Crippen molar-refractivity contribution in [2.75, 3.05) is 0 Å². The molecule has 1 atom stereocenters. The van der Waals surface area contributed by atoms with Gasteiger partial charge < -0.3 is 9.29 Å². The first-order valence-corrected chi connectivity index (χ1v) is 5.54. The lowest BCUT2D eigenvalue weighted by Crippen LogP contribution is -2.33. The van der Waals surface area contributed by atoms with Gasteiger partial charge in [-0.15, -0.1) is 0 Å². The Morgan fingerprint density at radius 2 is 2.14 bits per heavy atom. The van der Waals surface area contributed by atoms with Crippen LogP contribution in [0.3, 0.4) is 0 Å². The smallest absolute Gasteiger partial charge is 0.124 e. The molecule has 1 heterocycles. The lowest BCUT2D eigenvalue weighted by atomic mass is 9.94. The van der Waals surface area contributed by atoms with Crippen molar-refractivity contribution in [1.29, 1.82) is 0 Å². The van der Waals surface area contributed by atoms with E-state index >= 15 is 0 Å². The van der Waals surface area contributed by atoms with Gasteiger partial charge in [0.25, 0.3) is 0 Å². The quantitative estimate of drug-likeness (QED) is 0.719. The van der Waals surface area contributed by atoms with Crippen LogP contribution < -0.4 is 4.74 Å². The largest absolute Gasteiger partial charge is 0.487 e. The van der Waals surface area contributed by atoms with Crippen LogP contribution >= 0.6 is 12.0 Å². The second-order valence-corrected chi connectivity index (χ2v) is 4.98. The van der Waals surface area contributed by atoms with Crippen molar-refractivity contribution >= 4 is 12.0 Å². The molecular formula is C11H14O2S. The Labute approximate surface area is 88.5 Å². The third-order valence-corrected chi connectivity index (χ3v) is 3.13. The fourth-order valence-electron chi connectivity index (χ4n) is 1.83. The molecule has 1 N–H and O–H groups in total. The summed E-state index contributed by atoms with van der Waals surface area (Å²) in [6.07, 6.45) is 0.838. The van der Waals surface area contributed by atoms with E-state index in [0.717, 1.165) is 29.8 Å². The number of rotatable bonds is 1. The molecule has 1 aromatic rings. The summed E-state index contributed by atoms with van der Waals surface area (Å²) in [6, 6.07) is 7.90. The molecule has 76 valence electrons. The highest BCUT2D eigenvalue weighted by Crippen LogP contribution is 2.45. The van der Waals surface area contributed by atoms with E-state index in [1.54, 1.807) is 0 Å². The minimum absolute atomic E-state index is 0.134. The van der Waals surface area contributed by atoms with Gasteiger partial charge >= 0.3 is 0 Å². The van der Waals surface area contributed by atoms with Crippen molar-refractivity contribution in [3.8, 4) is 5.75 Å². The minimum Gasteiger partial charge on any atom is -0.487 e. The maximum atomic E-state index is 9.23. The topological polar surface area (TPSA) is 29.5 Å². The standard InChI is InChI=1S/C11H14O2S/c1-11(2)7-10(14-12)8-5-3-4-6-9(8)13-11/h3-6,10,12H,7H2,1-2H3. The second kappa shape index (κ2) is 3.48. The van der Waals surface area contributed by atoms with Gasteiger partial charge in [0.15, 0.2) is 0 Å². The summed E-state index contributed by atoms with van der Waals surface area (Å²) in [4.78, 5) is 0.